The van der Waals surface area contributed by atoms with E-state index in [0.717, 1.165) is 22.0 Å². The van der Waals surface area contributed by atoms with Gasteiger partial charge < -0.3 is 10.2 Å². The van der Waals surface area contributed by atoms with Gasteiger partial charge in [0.1, 0.15) is 18.4 Å². The predicted molar refractivity (Wildman–Crippen MR) is 147 cm³/mol. The summed E-state index contributed by atoms with van der Waals surface area (Å²) in [6.45, 7) is 5.20. The normalized spacial score (nSPS) is 12.1. The summed E-state index contributed by atoms with van der Waals surface area (Å²) in [7, 11) is -4.22. The van der Waals surface area contributed by atoms with Crippen LogP contribution in [-0.2, 0) is 26.0 Å². The third-order valence-electron chi connectivity index (χ3n) is 6.03. The summed E-state index contributed by atoms with van der Waals surface area (Å²) < 4.78 is 41.8. The molecule has 0 heterocycles. The van der Waals surface area contributed by atoms with Crippen molar-refractivity contribution in [2.24, 2.45) is 0 Å². The van der Waals surface area contributed by atoms with E-state index >= 15 is 0 Å². The summed E-state index contributed by atoms with van der Waals surface area (Å²) in [5, 5.41) is 2.87. The fourth-order valence-electron chi connectivity index (χ4n) is 4.13. The Hall–Kier alpha value is -3.72. The van der Waals surface area contributed by atoms with Crippen molar-refractivity contribution in [3.63, 3.8) is 0 Å². The summed E-state index contributed by atoms with van der Waals surface area (Å²) >= 11 is 0. The van der Waals surface area contributed by atoms with Crippen LogP contribution >= 0.6 is 0 Å². The van der Waals surface area contributed by atoms with Crippen molar-refractivity contribution in [2.75, 3.05) is 17.4 Å². The number of halogens is 1. The Labute approximate surface area is 224 Å². The molecular weight excluding hydrogens is 505 g/mol. The van der Waals surface area contributed by atoms with Crippen LogP contribution in [0.1, 0.15) is 32.8 Å². The van der Waals surface area contributed by atoms with Crippen LogP contribution in [0.2, 0.25) is 0 Å². The monoisotopic (exact) mass is 539 g/mol. The highest BCUT2D eigenvalue weighted by atomic mass is 32.2. The van der Waals surface area contributed by atoms with Crippen LogP contribution in [0.25, 0.3) is 0 Å². The third-order valence-corrected chi connectivity index (χ3v) is 7.81. The number of nitrogens with zero attached hydrogens (tertiary/aromatic N) is 2. The molecule has 202 valence electrons. The highest BCUT2D eigenvalue weighted by molar-refractivity contribution is 7.92. The number of para-hydroxylation sites is 1. The van der Waals surface area contributed by atoms with Crippen molar-refractivity contribution in [1.82, 2.24) is 10.2 Å². The van der Waals surface area contributed by atoms with E-state index in [1.807, 2.05) is 51.1 Å². The number of amides is 2. The zero-order valence-corrected chi connectivity index (χ0v) is 22.7. The highest BCUT2D eigenvalue weighted by Gasteiger charge is 2.33. The number of benzene rings is 3. The Morgan fingerprint density at radius 3 is 2.03 bits per heavy atom. The zero-order valence-electron chi connectivity index (χ0n) is 21.9. The van der Waals surface area contributed by atoms with Crippen molar-refractivity contribution in [3.8, 4) is 0 Å². The highest BCUT2D eigenvalue weighted by Crippen LogP contribution is 2.24. The minimum atomic E-state index is -4.22. The molecule has 9 heteroatoms. The second-order valence-electron chi connectivity index (χ2n) is 9.21. The molecule has 3 rings (SSSR count). The van der Waals surface area contributed by atoms with Gasteiger partial charge >= 0.3 is 0 Å². The topological polar surface area (TPSA) is 86.8 Å². The van der Waals surface area contributed by atoms with Gasteiger partial charge in [0, 0.05) is 12.6 Å². The predicted octanol–water partition coefficient (Wildman–Crippen LogP) is 4.40. The molecule has 2 amide bonds. The van der Waals surface area contributed by atoms with Crippen LogP contribution in [-0.4, -0.2) is 50.3 Å². The van der Waals surface area contributed by atoms with E-state index < -0.39 is 34.3 Å². The molecule has 0 saturated heterocycles. The lowest BCUT2D eigenvalue weighted by Crippen LogP contribution is -2.54. The number of carbonyl (C=O) groups excluding carboxylic acids is 2. The molecule has 38 heavy (non-hydrogen) atoms. The quantitative estimate of drug-likeness (QED) is 0.370. The van der Waals surface area contributed by atoms with Crippen LogP contribution in [0.3, 0.4) is 0 Å². The average molecular weight is 540 g/mol. The molecule has 3 aromatic carbocycles. The molecule has 0 radical (unpaired) electrons. The minimum absolute atomic E-state index is 0.123. The Bertz CT molecular complexity index is 1300. The Morgan fingerprint density at radius 2 is 1.47 bits per heavy atom. The molecule has 0 aliphatic heterocycles. The van der Waals surface area contributed by atoms with E-state index in [1.54, 1.807) is 30.3 Å². The molecule has 0 aliphatic rings. The molecule has 7 nitrogen and oxygen atoms in total. The van der Waals surface area contributed by atoms with E-state index in [4.69, 9.17) is 0 Å². The first kappa shape index (κ1) is 28.8. The first-order valence-electron chi connectivity index (χ1n) is 12.6. The van der Waals surface area contributed by atoms with E-state index in [9.17, 15) is 22.4 Å². The van der Waals surface area contributed by atoms with Crippen LogP contribution in [0.4, 0.5) is 10.1 Å². The van der Waals surface area contributed by atoms with Crippen LogP contribution in [0.5, 0.6) is 0 Å². The summed E-state index contributed by atoms with van der Waals surface area (Å²) in [6, 6.07) is 21.4. The lowest BCUT2D eigenvalue weighted by Gasteiger charge is -2.33. The van der Waals surface area contributed by atoms with Crippen molar-refractivity contribution < 1.29 is 22.4 Å². The van der Waals surface area contributed by atoms with Gasteiger partial charge in [-0.1, -0.05) is 55.5 Å². The maximum Gasteiger partial charge on any atom is 0.264 e. The number of anilines is 1. The van der Waals surface area contributed by atoms with Crippen molar-refractivity contribution in [2.45, 2.75) is 50.6 Å². The number of rotatable bonds is 12. The summed E-state index contributed by atoms with van der Waals surface area (Å²) in [4.78, 5) is 28.2. The Morgan fingerprint density at radius 1 is 0.895 bits per heavy atom. The summed E-state index contributed by atoms with van der Waals surface area (Å²) in [5.41, 5.74) is 1.27. The molecule has 0 aromatic heterocycles. The minimum Gasteiger partial charge on any atom is -0.352 e. The number of nitrogens with one attached hydrogen (secondary N) is 1. The lowest BCUT2D eigenvalue weighted by atomic mass is 10.1. The Balaban J connectivity index is 1.98. The first-order chi connectivity index (χ1) is 18.1. The number of hydrogen-bond donors (Lipinski definition) is 1. The van der Waals surface area contributed by atoms with Gasteiger partial charge in [0.25, 0.3) is 10.0 Å². The van der Waals surface area contributed by atoms with Gasteiger partial charge in [0.05, 0.1) is 10.6 Å². The van der Waals surface area contributed by atoms with Gasteiger partial charge in [-0.15, -0.1) is 0 Å². The number of carbonyl (C=O) groups is 2. The maximum atomic E-state index is 13.9. The van der Waals surface area contributed by atoms with E-state index in [1.165, 1.54) is 17.0 Å². The standard InChI is InChI=1S/C29H34FN3O4S/c1-4-27(29(35)31-22(2)3)32(20-19-23-11-7-5-8-12-23)28(34)21-33(25-13-9-6-10-14-25)38(36,37)26-17-15-24(30)16-18-26/h5-18,22,27H,4,19-21H2,1-3H3,(H,31,35)/t27-/m1/s1. The van der Waals surface area contributed by atoms with Crippen molar-refractivity contribution in [3.05, 3.63) is 96.3 Å². The zero-order chi connectivity index (χ0) is 27.7. The molecule has 0 bridgehead atoms. The van der Waals surface area contributed by atoms with Crippen LogP contribution in [0.15, 0.2) is 89.8 Å². The van der Waals surface area contributed by atoms with Crippen molar-refractivity contribution in [1.29, 1.82) is 0 Å². The van der Waals surface area contributed by atoms with Gasteiger partial charge in [0.15, 0.2) is 0 Å². The summed E-state index contributed by atoms with van der Waals surface area (Å²) in [6.07, 6.45) is 0.850. The molecular formula is C29H34FN3O4S. The molecule has 3 aromatic rings. The third kappa shape index (κ3) is 7.41. The number of hydrogen-bond acceptors (Lipinski definition) is 4. The smallest absolute Gasteiger partial charge is 0.264 e. The second-order valence-corrected chi connectivity index (χ2v) is 11.1. The van der Waals surface area contributed by atoms with Gasteiger partial charge in [-0.3, -0.25) is 13.9 Å². The fourth-order valence-corrected chi connectivity index (χ4v) is 5.55. The van der Waals surface area contributed by atoms with Crippen LogP contribution in [0, 0.1) is 5.82 Å². The van der Waals surface area contributed by atoms with Crippen LogP contribution < -0.4 is 9.62 Å². The van der Waals surface area contributed by atoms with Gasteiger partial charge in [-0.2, -0.15) is 0 Å². The molecule has 0 aliphatic carbocycles. The maximum absolute atomic E-state index is 13.9. The van der Waals surface area contributed by atoms with Gasteiger partial charge in [0.2, 0.25) is 11.8 Å². The molecule has 0 saturated carbocycles. The molecule has 0 unspecified atom stereocenters. The van der Waals surface area contributed by atoms with E-state index in [-0.39, 0.29) is 29.1 Å². The number of sulfonamides is 1. The summed E-state index contributed by atoms with van der Waals surface area (Å²) in [5.74, 6) is -1.38. The SMILES string of the molecule is CC[C@H](C(=O)NC(C)C)N(CCc1ccccc1)C(=O)CN(c1ccccc1)S(=O)(=O)c1ccc(F)cc1. The Kier molecular flexibility index (Phi) is 10.0. The van der Waals surface area contributed by atoms with Gasteiger partial charge in [-0.25, -0.2) is 12.8 Å². The van der Waals surface area contributed by atoms with E-state index in [2.05, 4.69) is 5.32 Å². The molecule has 1 atom stereocenters. The van der Waals surface area contributed by atoms with E-state index in [0.29, 0.717) is 12.8 Å². The van der Waals surface area contributed by atoms with Gasteiger partial charge in [-0.05, 0) is 68.7 Å². The largest absolute Gasteiger partial charge is 0.352 e. The average Bonchev–Trinajstić information content (AvgIpc) is 2.90. The molecule has 0 spiro atoms. The fraction of sp³-hybridized carbons (Fsp3) is 0.310. The molecule has 1 N–H and O–H groups in total. The first-order valence-corrected chi connectivity index (χ1v) is 14.0. The van der Waals surface area contributed by atoms with Crippen molar-refractivity contribution >= 4 is 27.5 Å². The molecule has 0 fully saturated rings. The lowest BCUT2D eigenvalue weighted by molar-refractivity contribution is -0.139. The second kappa shape index (κ2) is 13.2.